The first-order chi connectivity index (χ1) is 25.8. The highest BCUT2D eigenvalue weighted by Gasteiger charge is 2.62. The third-order valence-electron chi connectivity index (χ3n) is 11.7. The summed E-state index contributed by atoms with van der Waals surface area (Å²) in [4.78, 5) is 62.2. The van der Waals surface area contributed by atoms with Gasteiger partial charge < -0.3 is 25.0 Å². The molecule has 1 saturated heterocycles. The van der Waals surface area contributed by atoms with E-state index in [-0.39, 0.29) is 37.3 Å². The summed E-state index contributed by atoms with van der Waals surface area (Å²) in [6.07, 6.45) is 12.9. The summed E-state index contributed by atoms with van der Waals surface area (Å²) in [5.74, 6) is -2.19. The highest BCUT2D eigenvalue weighted by Crippen LogP contribution is 2.45. The summed E-state index contributed by atoms with van der Waals surface area (Å²) in [6, 6.07) is 5.85. The minimum absolute atomic E-state index is 0.0156. The Kier molecular flexibility index (Phi) is 10.5. The van der Waals surface area contributed by atoms with Crippen LogP contribution in [0.25, 0.3) is 16.8 Å². The molecule has 5 aliphatic rings. The molecule has 2 aromatic rings. The van der Waals surface area contributed by atoms with E-state index < -0.39 is 68.7 Å². The first kappa shape index (κ1) is 37.8. The Morgan fingerprint density at radius 1 is 1.09 bits per heavy atom. The summed E-state index contributed by atoms with van der Waals surface area (Å²) in [5, 5.41) is 6.81. The number of ether oxygens (including phenoxy) is 2. The van der Waals surface area contributed by atoms with Crippen molar-refractivity contribution >= 4 is 50.7 Å². The quantitative estimate of drug-likeness (QED) is 0.337. The molecule has 54 heavy (non-hydrogen) atoms. The molecule has 3 aliphatic carbocycles. The molecule has 3 heterocycles. The molecule has 1 unspecified atom stereocenters. The Labute approximate surface area is 316 Å². The number of hydrogen-bond donors (Lipinski definition) is 3. The summed E-state index contributed by atoms with van der Waals surface area (Å²) >= 11 is 0. The zero-order chi connectivity index (χ0) is 38.3. The Morgan fingerprint density at radius 3 is 2.59 bits per heavy atom. The predicted octanol–water partition coefficient (Wildman–Crippen LogP) is 4.76. The van der Waals surface area contributed by atoms with Crippen molar-refractivity contribution in [3.63, 3.8) is 0 Å². The Hall–Kier alpha value is -4.46. The molecule has 4 bridgehead atoms. The molecular weight excluding hydrogens is 711 g/mol. The van der Waals surface area contributed by atoms with Gasteiger partial charge in [-0.15, -0.1) is 6.58 Å². The Balaban J connectivity index is 1.22. The largest absolute Gasteiger partial charge is 0.472 e. The van der Waals surface area contributed by atoms with E-state index in [1.165, 1.54) is 11.0 Å². The number of rotatable bonds is 7. The molecule has 290 valence electrons. The van der Waals surface area contributed by atoms with Gasteiger partial charge in [-0.25, -0.2) is 18.2 Å². The minimum Gasteiger partial charge on any atom is -0.472 e. The number of amides is 4. The number of carbonyl (C=O) groups is 4. The highest BCUT2D eigenvalue weighted by molar-refractivity contribution is 7.91. The lowest BCUT2D eigenvalue weighted by molar-refractivity contribution is -0.142. The molecule has 1 aromatic carbocycles. The fraction of sp³-hybridized carbons (Fsp3) is 0.575. The average Bonchev–Trinajstić information content (AvgIpc) is 4.08. The number of allylic oxidation sites excluding steroid dienone is 1. The van der Waals surface area contributed by atoms with Gasteiger partial charge in [0, 0.05) is 23.9 Å². The van der Waals surface area contributed by atoms with Crippen LogP contribution in [0.2, 0.25) is 0 Å². The molecule has 0 spiro atoms. The SMILES string of the molecule is C=C[C@@H]1CC1(NC(=O)[C@@H]1C[C@@H]2CN1C(=O)[C@H](C1CCCCC1)NC(=O)OCC(C)(C)CC/C=C/c1ccc3ccnc(c3c1)O2)C(=O)NS(=O)(=O)C1CC1. The number of sulfonamides is 1. The van der Waals surface area contributed by atoms with Crippen molar-refractivity contribution in [1.29, 1.82) is 0 Å². The van der Waals surface area contributed by atoms with Crippen molar-refractivity contribution in [3.8, 4) is 5.88 Å². The van der Waals surface area contributed by atoms with E-state index in [1.807, 2.05) is 44.2 Å². The number of hydrogen-bond acceptors (Lipinski definition) is 9. The molecule has 7 rings (SSSR count). The maximum absolute atomic E-state index is 14.8. The van der Waals surface area contributed by atoms with E-state index in [0.717, 1.165) is 61.3 Å². The second-order valence-corrected chi connectivity index (χ2v) is 18.4. The van der Waals surface area contributed by atoms with Gasteiger partial charge in [0.05, 0.1) is 18.4 Å². The van der Waals surface area contributed by atoms with Crippen LogP contribution in [0.15, 0.2) is 49.2 Å². The maximum Gasteiger partial charge on any atom is 0.407 e. The van der Waals surface area contributed by atoms with Gasteiger partial charge in [0.25, 0.3) is 5.91 Å². The number of pyridine rings is 1. The van der Waals surface area contributed by atoms with Gasteiger partial charge >= 0.3 is 6.09 Å². The van der Waals surface area contributed by atoms with Crippen LogP contribution in [-0.2, 0) is 29.1 Å². The lowest BCUT2D eigenvalue weighted by Gasteiger charge is -2.35. The number of nitrogens with zero attached hydrogens (tertiary/aromatic N) is 2. The lowest BCUT2D eigenvalue weighted by Crippen LogP contribution is -2.59. The van der Waals surface area contributed by atoms with Gasteiger partial charge in [-0.05, 0) is 79.4 Å². The van der Waals surface area contributed by atoms with E-state index >= 15 is 0 Å². The monoisotopic (exact) mass is 761 g/mol. The van der Waals surface area contributed by atoms with E-state index in [1.54, 1.807) is 6.20 Å². The Bertz CT molecular complexity index is 1960. The normalized spacial score (nSPS) is 29.8. The number of cyclic esters (lactones) is 1. The third-order valence-corrected chi connectivity index (χ3v) is 13.5. The van der Waals surface area contributed by atoms with Crippen molar-refractivity contribution in [2.24, 2.45) is 17.3 Å². The summed E-state index contributed by atoms with van der Waals surface area (Å²) in [7, 11) is -3.89. The van der Waals surface area contributed by atoms with E-state index in [2.05, 4.69) is 33.0 Å². The number of benzene rings is 1. The van der Waals surface area contributed by atoms with Crippen LogP contribution >= 0.6 is 0 Å². The number of alkyl carbamates (subject to hydrolysis) is 1. The molecule has 14 heteroatoms. The summed E-state index contributed by atoms with van der Waals surface area (Å²) in [6.45, 7) is 8.03. The van der Waals surface area contributed by atoms with Crippen molar-refractivity contribution in [3.05, 3.63) is 54.8 Å². The van der Waals surface area contributed by atoms with Crippen molar-refractivity contribution in [2.45, 2.75) is 113 Å². The van der Waals surface area contributed by atoms with Crippen molar-refractivity contribution in [1.82, 2.24) is 25.2 Å². The zero-order valence-corrected chi connectivity index (χ0v) is 31.9. The van der Waals surface area contributed by atoms with Gasteiger partial charge in [-0.1, -0.05) is 63.5 Å². The van der Waals surface area contributed by atoms with Gasteiger partial charge in [0.1, 0.15) is 23.7 Å². The fourth-order valence-corrected chi connectivity index (χ4v) is 9.50. The smallest absolute Gasteiger partial charge is 0.407 e. The number of carbonyl (C=O) groups excluding carboxylic acids is 4. The molecule has 3 saturated carbocycles. The molecule has 1 aromatic heterocycles. The fourth-order valence-electron chi connectivity index (χ4n) is 8.13. The highest BCUT2D eigenvalue weighted by atomic mass is 32.2. The van der Waals surface area contributed by atoms with E-state index in [9.17, 15) is 27.6 Å². The average molecular weight is 762 g/mol. The van der Waals surface area contributed by atoms with Gasteiger partial charge in [-0.2, -0.15) is 0 Å². The number of aromatic nitrogens is 1. The minimum atomic E-state index is -3.89. The summed E-state index contributed by atoms with van der Waals surface area (Å²) in [5.41, 5.74) is -0.907. The molecule has 4 amide bonds. The molecule has 5 atom stereocenters. The molecular formula is C40H51N5O8S. The predicted molar refractivity (Wildman–Crippen MR) is 202 cm³/mol. The third kappa shape index (κ3) is 8.13. The number of nitrogens with one attached hydrogen (secondary N) is 3. The van der Waals surface area contributed by atoms with Crippen LogP contribution in [0.4, 0.5) is 4.79 Å². The standard InChI is InChI=1S/C40H51N5O8S/c1-4-28-22-40(28,37(48)44-54(50,51)30-15-16-30)43-34(46)32-21-29-23-45(32)36(47)33(27-11-6-5-7-12-27)42-38(49)52-24-39(2,3)18-9-8-10-25-13-14-26-17-19-41-35(53-29)31(26)20-25/h4,8,10,13-14,17,19-20,27-30,32-33H,1,5-7,9,11-12,15-16,18,21-24H2,2-3H3,(H,42,49)(H,43,46)(H,44,48)/b10-8+/t28-,29-,32+,33+,40?/m1/s1. The van der Waals surface area contributed by atoms with Crippen LogP contribution in [-0.4, -0.2) is 84.2 Å². The van der Waals surface area contributed by atoms with Gasteiger partial charge in [-0.3, -0.25) is 19.1 Å². The molecule has 13 nitrogen and oxygen atoms in total. The van der Waals surface area contributed by atoms with Crippen LogP contribution in [0, 0.1) is 17.3 Å². The van der Waals surface area contributed by atoms with E-state index in [0.29, 0.717) is 18.7 Å². The lowest BCUT2D eigenvalue weighted by atomic mass is 9.83. The second kappa shape index (κ2) is 15.0. The topological polar surface area (TPSA) is 173 Å². The van der Waals surface area contributed by atoms with Gasteiger partial charge in [0.2, 0.25) is 27.7 Å². The summed E-state index contributed by atoms with van der Waals surface area (Å²) < 4.78 is 40.0. The molecule has 4 fully saturated rings. The van der Waals surface area contributed by atoms with Gasteiger partial charge in [0.15, 0.2) is 0 Å². The van der Waals surface area contributed by atoms with E-state index in [4.69, 9.17) is 9.47 Å². The van der Waals surface area contributed by atoms with Crippen LogP contribution in [0.1, 0.15) is 90.0 Å². The van der Waals surface area contributed by atoms with Crippen molar-refractivity contribution < 1.29 is 37.1 Å². The second-order valence-electron chi connectivity index (χ2n) is 16.5. The molecule has 0 radical (unpaired) electrons. The first-order valence-electron chi connectivity index (χ1n) is 19.2. The van der Waals surface area contributed by atoms with Crippen LogP contribution in [0.3, 0.4) is 0 Å². The first-order valence-corrected chi connectivity index (χ1v) is 20.8. The van der Waals surface area contributed by atoms with Crippen LogP contribution < -0.4 is 20.1 Å². The zero-order valence-electron chi connectivity index (χ0n) is 31.1. The Morgan fingerprint density at radius 2 is 1.87 bits per heavy atom. The molecule has 2 aliphatic heterocycles. The molecule has 3 N–H and O–H groups in total. The van der Waals surface area contributed by atoms with Crippen LogP contribution in [0.5, 0.6) is 5.88 Å². The number of fused-ring (bicyclic) bond motifs is 3. The van der Waals surface area contributed by atoms with Crippen molar-refractivity contribution in [2.75, 3.05) is 13.2 Å². The maximum atomic E-state index is 14.8.